The van der Waals surface area contributed by atoms with E-state index in [0.29, 0.717) is 23.8 Å². The Morgan fingerprint density at radius 3 is 3.09 bits per heavy atom. The molecule has 0 bridgehead atoms. The second kappa shape index (κ2) is 8.14. The fraction of sp³-hybridized carbons (Fsp3) is 0.500. The third-order valence-corrected chi connectivity index (χ3v) is 3.40. The van der Waals surface area contributed by atoms with Gasteiger partial charge in [0.1, 0.15) is 12.4 Å². The van der Waals surface area contributed by atoms with Gasteiger partial charge in [-0.15, -0.1) is 0 Å². The number of carbonyl (C=O) groups excluding carboxylic acids is 1. The van der Waals surface area contributed by atoms with Crippen molar-refractivity contribution in [2.24, 2.45) is 0 Å². The van der Waals surface area contributed by atoms with Crippen molar-refractivity contribution in [3.05, 3.63) is 28.8 Å². The molecule has 1 aliphatic rings. The molecule has 1 aromatic rings. The van der Waals surface area contributed by atoms with Crippen LogP contribution in [0.4, 0.5) is 13.6 Å². The van der Waals surface area contributed by atoms with Crippen molar-refractivity contribution in [2.75, 3.05) is 26.4 Å². The van der Waals surface area contributed by atoms with Crippen molar-refractivity contribution >= 4 is 17.6 Å². The van der Waals surface area contributed by atoms with E-state index in [0.717, 1.165) is 5.56 Å². The van der Waals surface area contributed by atoms with Gasteiger partial charge in [0.05, 0.1) is 24.3 Å². The van der Waals surface area contributed by atoms with Crippen molar-refractivity contribution in [3.63, 3.8) is 0 Å². The summed E-state index contributed by atoms with van der Waals surface area (Å²) in [5.41, 5.74) is 0.822. The third kappa shape index (κ3) is 4.71. The molecular formula is C14H17ClF2N2O3. The molecule has 0 saturated heterocycles. The van der Waals surface area contributed by atoms with Gasteiger partial charge in [-0.1, -0.05) is 23.7 Å². The maximum absolute atomic E-state index is 11.9. The van der Waals surface area contributed by atoms with Crippen LogP contribution in [0, 0.1) is 0 Å². The van der Waals surface area contributed by atoms with Crippen LogP contribution in [0.25, 0.3) is 0 Å². The van der Waals surface area contributed by atoms with Gasteiger partial charge in [0.15, 0.2) is 0 Å². The molecule has 1 aliphatic heterocycles. The first-order chi connectivity index (χ1) is 10.6. The van der Waals surface area contributed by atoms with Crippen LogP contribution in [0.1, 0.15) is 18.0 Å². The highest BCUT2D eigenvalue weighted by Crippen LogP contribution is 2.37. The molecule has 1 atom stereocenters. The minimum atomic E-state index is -2.50. The highest BCUT2D eigenvalue weighted by atomic mass is 35.5. The van der Waals surface area contributed by atoms with Crippen molar-refractivity contribution in [2.45, 2.75) is 18.9 Å². The lowest BCUT2D eigenvalue weighted by Crippen LogP contribution is -2.41. The number of hydrogen-bond acceptors (Lipinski definition) is 3. The van der Waals surface area contributed by atoms with Crippen LogP contribution in [0.5, 0.6) is 5.75 Å². The van der Waals surface area contributed by atoms with E-state index < -0.39 is 19.1 Å². The topological polar surface area (TPSA) is 59.6 Å². The standard InChI is InChI=1S/C14H17ClF2N2O3/c15-10-3-1-2-9-11(4-6-22-13(9)10)19-14(20)18-5-7-21-8-12(16)17/h1-3,11-12H,4-8H2,(H2,18,19,20)/t11-/m0/s1. The van der Waals surface area contributed by atoms with Gasteiger partial charge in [0, 0.05) is 18.5 Å². The van der Waals surface area contributed by atoms with E-state index in [2.05, 4.69) is 15.4 Å². The van der Waals surface area contributed by atoms with Crippen LogP contribution in [0.15, 0.2) is 18.2 Å². The number of fused-ring (bicyclic) bond motifs is 1. The van der Waals surface area contributed by atoms with Gasteiger partial charge in [-0.25, -0.2) is 13.6 Å². The Balaban J connectivity index is 1.80. The summed E-state index contributed by atoms with van der Waals surface area (Å²) in [6.45, 7) is 0.0203. The number of amides is 2. The van der Waals surface area contributed by atoms with Gasteiger partial charge in [0.2, 0.25) is 0 Å². The second-order valence-electron chi connectivity index (χ2n) is 4.71. The smallest absolute Gasteiger partial charge is 0.315 e. The quantitative estimate of drug-likeness (QED) is 0.786. The van der Waals surface area contributed by atoms with Crippen LogP contribution in [0.2, 0.25) is 5.02 Å². The molecule has 2 rings (SSSR count). The number of alkyl halides is 2. The van der Waals surface area contributed by atoms with Gasteiger partial charge >= 0.3 is 6.03 Å². The zero-order valence-electron chi connectivity index (χ0n) is 11.8. The average molecular weight is 335 g/mol. The minimum absolute atomic E-state index is 0.0357. The lowest BCUT2D eigenvalue weighted by molar-refractivity contribution is 0.0193. The zero-order valence-corrected chi connectivity index (χ0v) is 12.5. The molecule has 8 heteroatoms. The monoisotopic (exact) mass is 334 g/mol. The molecule has 0 aliphatic carbocycles. The van der Waals surface area contributed by atoms with Gasteiger partial charge < -0.3 is 20.1 Å². The summed E-state index contributed by atoms with van der Waals surface area (Å²) in [4.78, 5) is 11.8. The number of carbonyl (C=O) groups is 1. The Kier molecular flexibility index (Phi) is 6.21. The maximum Gasteiger partial charge on any atom is 0.315 e. The first-order valence-electron chi connectivity index (χ1n) is 6.89. The summed E-state index contributed by atoms with van der Waals surface area (Å²) < 4.78 is 33.9. The van der Waals surface area contributed by atoms with Crippen molar-refractivity contribution in [1.29, 1.82) is 0 Å². The van der Waals surface area contributed by atoms with Crippen LogP contribution < -0.4 is 15.4 Å². The van der Waals surface area contributed by atoms with Crippen molar-refractivity contribution in [1.82, 2.24) is 10.6 Å². The van der Waals surface area contributed by atoms with E-state index in [-0.39, 0.29) is 19.2 Å². The Morgan fingerprint density at radius 1 is 1.50 bits per heavy atom. The van der Waals surface area contributed by atoms with E-state index in [4.69, 9.17) is 16.3 Å². The number of benzene rings is 1. The molecule has 1 heterocycles. The molecule has 0 fully saturated rings. The predicted octanol–water partition coefficient (Wildman–Crippen LogP) is 2.74. The summed E-state index contributed by atoms with van der Waals surface area (Å²) >= 11 is 6.06. The van der Waals surface area contributed by atoms with Gasteiger partial charge in [-0.3, -0.25) is 0 Å². The number of nitrogens with one attached hydrogen (secondary N) is 2. The van der Waals surface area contributed by atoms with E-state index in [1.807, 2.05) is 6.07 Å². The first-order valence-corrected chi connectivity index (χ1v) is 7.27. The van der Waals surface area contributed by atoms with Crippen LogP contribution in [0.3, 0.4) is 0 Å². The average Bonchev–Trinajstić information content (AvgIpc) is 2.48. The van der Waals surface area contributed by atoms with Crippen LogP contribution in [-0.2, 0) is 4.74 Å². The Bertz CT molecular complexity index is 517. The van der Waals surface area contributed by atoms with Crippen LogP contribution >= 0.6 is 11.6 Å². The number of hydrogen-bond donors (Lipinski definition) is 2. The molecule has 2 amide bonds. The van der Waals surface area contributed by atoms with Gasteiger partial charge in [-0.2, -0.15) is 0 Å². The summed E-state index contributed by atoms with van der Waals surface area (Å²) in [5, 5.41) is 5.87. The SMILES string of the molecule is O=C(NCCOCC(F)F)N[C@H]1CCOc2c(Cl)cccc21. The van der Waals surface area contributed by atoms with E-state index in [1.165, 1.54) is 0 Å². The minimum Gasteiger partial charge on any atom is -0.492 e. The van der Waals surface area contributed by atoms with E-state index in [9.17, 15) is 13.6 Å². The van der Waals surface area contributed by atoms with E-state index in [1.54, 1.807) is 12.1 Å². The molecule has 1 aromatic carbocycles. The molecule has 2 N–H and O–H groups in total. The Morgan fingerprint density at radius 2 is 2.32 bits per heavy atom. The summed E-state index contributed by atoms with van der Waals surface area (Å²) in [7, 11) is 0. The summed E-state index contributed by atoms with van der Waals surface area (Å²) in [5.74, 6) is 0.584. The lowest BCUT2D eigenvalue weighted by Gasteiger charge is -2.27. The number of rotatable bonds is 6. The van der Waals surface area contributed by atoms with E-state index >= 15 is 0 Å². The lowest BCUT2D eigenvalue weighted by atomic mass is 10.0. The molecular weight excluding hydrogens is 318 g/mol. The number of ether oxygens (including phenoxy) is 2. The van der Waals surface area contributed by atoms with Crippen molar-refractivity contribution < 1.29 is 23.0 Å². The van der Waals surface area contributed by atoms with Crippen LogP contribution in [-0.4, -0.2) is 38.8 Å². The van der Waals surface area contributed by atoms with Gasteiger partial charge in [0.25, 0.3) is 6.43 Å². The number of halogens is 3. The maximum atomic E-state index is 11.9. The summed E-state index contributed by atoms with van der Waals surface area (Å²) in [6, 6.07) is 4.77. The fourth-order valence-electron chi connectivity index (χ4n) is 2.15. The molecule has 0 unspecified atom stereocenters. The molecule has 0 radical (unpaired) electrons. The number of urea groups is 1. The first kappa shape index (κ1) is 16.8. The molecule has 0 spiro atoms. The number of para-hydroxylation sites is 1. The van der Waals surface area contributed by atoms with Crippen molar-refractivity contribution in [3.8, 4) is 5.75 Å². The highest BCUT2D eigenvalue weighted by molar-refractivity contribution is 6.32. The Labute approximate surface area is 131 Å². The second-order valence-corrected chi connectivity index (χ2v) is 5.12. The molecule has 0 aromatic heterocycles. The third-order valence-electron chi connectivity index (χ3n) is 3.11. The zero-order chi connectivity index (χ0) is 15.9. The molecule has 122 valence electrons. The normalized spacial score (nSPS) is 16.8. The fourth-order valence-corrected chi connectivity index (χ4v) is 2.39. The van der Waals surface area contributed by atoms with Gasteiger partial charge in [-0.05, 0) is 6.07 Å². The Hall–Kier alpha value is -1.60. The molecule has 5 nitrogen and oxygen atoms in total. The largest absolute Gasteiger partial charge is 0.492 e. The predicted molar refractivity (Wildman–Crippen MR) is 77.7 cm³/mol. The molecule has 0 saturated carbocycles. The highest BCUT2D eigenvalue weighted by Gasteiger charge is 2.24. The molecule has 22 heavy (non-hydrogen) atoms. The summed E-state index contributed by atoms with van der Waals surface area (Å²) in [6.07, 6.45) is -1.87.